The number of aryl methyl sites for hydroxylation is 1. The molecule has 28 heavy (non-hydrogen) atoms. The fourth-order valence-electron chi connectivity index (χ4n) is 2.70. The summed E-state index contributed by atoms with van der Waals surface area (Å²) in [5.74, 6) is -1.76. The predicted molar refractivity (Wildman–Crippen MR) is 99.4 cm³/mol. The van der Waals surface area contributed by atoms with E-state index in [0.717, 1.165) is 6.26 Å². The zero-order chi connectivity index (χ0) is 21.1. The lowest BCUT2D eigenvalue weighted by atomic mass is 9.96. The molecule has 1 aromatic carbocycles. The minimum absolute atomic E-state index is 0.0456. The Morgan fingerprint density at radius 2 is 1.89 bits per heavy atom. The molecule has 0 radical (unpaired) electrons. The second kappa shape index (κ2) is 8.53. The molecule has 0 unspecified atom stereocenters. The molecule has 152 valence electrons. The van der Waals surface area contributed by atoms with Gasteiger partial charge in [-0.2, -0.15) is 5.10 Å². The van der Waals surface area contributed by atoms with E-state index in [0.29, 0.717) is 6.54 Å². The topological polar surface area (TPSA) is 125 Å². The number of carbonyl (C=O) groups excluding carboxylic acids is 2. The number of aromatic nitrogens is 2. The highest BCUT2D eigenvalue weighted by Gasteiger charge is 2.28. The van der Waals surface area contributed by atoms with Crippen LogP contribution >= 0.6 is 0 Å². The van der Waals surface area contributed by atoms with Crippen LogP contribution in [0.15, 0.2) is 23.2 Å². The number of benzene rings is 1. The Morgan fingerprint density at radius 3 is 2.43 bits per heavy atom. The van der Waals surface area contributed by atoms with Gasteiger partial charge in [0.15, 0.2) is 15.6 Å². The molecule has 2 rings (SSSR count). The normalized spacial score (nSPS) is 11.4. The molecule has 0 atom stereocenters. The van der Waals surface area contributed by atoms with Crippen molar-refractivity contribution in [1.82, 2.24) is 9.78 Å². The molecule has 0 aliphatic rings. The zero-order valence-electron chi connectivity index (χ0n) is 16.1. The first-order valence-electron chi connectivity index (χ1n) is 8.42. The maximum absolute atomic E-state index is 12.9. The fraction of sp³-hybridized carbons (Fsp3) is 0.389. The van der Waals surface area contributed by atoms with Gasteiger partial charge in [0.1, 0.15) is 12.2 Å². The summed E-state index contributed by atoms with van der Waals surface area (Å²) in [6.45, 7) is 3.64. The van der Waals surface area contributed by atoms with Gasteiger partial charge < -0.3 is 14.6 Å². The summed E-state index contributed by atoms with van der Waals surface area (Å²) in [4.78, 5) is 25.2. The number of ketones is 1. The number of sulfone groups is 1. The number of esters is 1. The monoisotopic (exact) mass is 410 g/mol. The van der Waals surface area contributed by atoms with E-state index in [1.165, 1.54) is 37.0 Å². The standard InChI is InChI=1S/C18H22N2O7S/c1-5-20-17(22)13(10-19-20)16(21)12-6-7-14(28(4,24)25)15(11(12)2)18(23)27-9-8-26-3/h6-7,10,22H,5,8-9H2,1-4H3. The number of rotatable bonds is 8. The molecule has 0 saturated heterocycles. The van der Waals surface area contributed by atoms with E-state index in [9.17, 15) is 23.1 Å². The third kappa shape index (κ3) is 4.23. The van der Waals surface area contributed by atoms with E-state index >= 15 is 0 Å². The highest BCUT2D eigenvalue weighted by Crippen LogP contribution is 2.28. The van der Waals surface area contributed by atoms with Gasteiger partial charge >= 0.3 is 5.97 Å². The van der Waals surface area contributed by atoms with Crippen molar-refractivity contribution in [2.75, 3.05) is 26.6 Å². The molecule has 1 aromatic heterocycles. The molecular weight excluding hydrogens is 388 g/mol. The van der Waals surface area contributed by atoms with Crippen molar-refractivity contribution < 1.29 is 32.6 Å². The van der Waals surface area contributed by atoms with Crippen LogP contribution < -0.4 is 0 Å². The average Bonchev–Trinajstić information content (AvgIpc) is 3.00. The van der Waals surface area contributed by atoms with Crippen molar-refractivity contribution in [3.05, 3.63) is 40.6 Å². The maximum atomic E-state index is 12.9. The molecule has 0 saturated carbocycles. The van der Waals surface area contributed by atoms with E-state index in [1.807, 2.05) is 0 Å². The van der Waals surface area contributed by atoms with E-state index in [2.05, 4.69) is 5.10 Å². The summed E-state index contributed by atoms with van der Waals surface area (Å²) < 4.78 is 35.4. The van der Waals surface area contributed by atoms with Gasteiger partial charge in [0.2, 0.25) is 5.88 Å². The molecule has 0 amide bonds. The number of hydrogen-bond acceptors (Lipinski definition) is 8. The van der Waals surface area contributed by atoms with Crippen LogP contribution in [0.25, 0.3) is 0 Å². The number of nitrogens with zero attached hydrogens (tertiary/aromatic N) is 2. The lowest BCUT2D eigenvalue weighted by Gasteiger charge is -2.14. The summed E-state index contributed by atoms with van der Waals surface area (Å²) in [5, 5.41) is 14.1. The van der Waals surface area contributed by atoms with Crippen LogP contribution in [0.3, 0.4) is 0 Å². The minimum Gasteiger partial charge on any atom is -0.493 e. The first kappa shape index (κ1) is 21.6. The van der Waals surface area contributed by atoms with Crippen LogP contribution in [-0.2, 0) is 25.9 Å². The lowest BCUT2D eigenvalue weighted by molar-refractivity contribution is 0.0383. The number of hydrogen-bond donors (Lipinski definition) is 1. The van der Waals surface area contributed by atoms with Crippen molar-refractivity contribution in [3.63, 3.8) is 0 Å². The molecule has 1 heterocycles. The first-order chi connectivity index (χ1) is 13.1. The van der Waals surface area contributed by atoms with E-state index in [-0.39, 0.29) is 46.2 Å². The molecule has 0 spiro atoms. The summed E-state index contributed by atoms with van der Waals surface area (Å²) in [5.41, 5.74) is -0.0568. The second-order valence-electron chi connectivity index (χ2n) is 6.04. The van der Waals surface area contributed by atoms with E-state index < -0.39 is 21.6 Å². The van der Waals surface area contributed by atoms with Gasteiger partial charge in [-0.1, -0.05) is 0 Å². The molecule has 0 aliphatic heterocycles. The molecular formula is C18H22N2O7S. The molecule has 0 aliphatic carbocycles. The Balaban J connectivity index is 2.58. The molecule has 9 nitrogen and oxygen atoms in total. The van der Waals surface area contributed by atoms with Crippen molar-refractivity contribution in [2.24, 2.45) is 0 Å². The van der Waals surface area contributed by atoms with Gasteiger partial charge in [-0.25, -0.2) is 17.9 Å². The van der Waals surface area contributed by atoms with Gasteiger partial charge in [-0.05, 0) is 31.5 Å². The number of methoxy groups -OCH3 is 1. The van der Waals surface area contributed by atoms with Crippen molar-refractivity contribution >= 4 is 21.6 Å². The van der Waals surface area contributed by atoms with Gasteiger partial charge in [-0.15, -0.1) is 0 Å². The highest BCUT2D eigenvalue weighted by molar-refractivity contribution is 7.90. The number of aromatic hydroxyl groups is 1. The quantitative estimate of drug-likeness (QED) is 0.393. The molecule has 0 fully saturated rings. The Bertz CT molecular complexity index is 1010. The lowest BCUT2D eigenvalue weighted by Crippen LogP contribution is -2.18. The fourth-order valence-corrected chi connectivity index (χ4v) is 3.62. The van der Waals surface area contributed by atoms with Gasteiger partial charge in [0.05, 0.1) is 23.3 Å². The molecule has 2 aromatic rings. The summed E-state index contributed by atoms with van der Waals surface area (Å²) >= 11 is 0. The smallest absolute Gasteiger partial charge is 0.339 e. The second-order valence-corrected chi connectivity index (χ2v) is 8.02. The molecule has 1 N–H and O–H groups in total. The van der Waals surface area contributed by atoms with Crippen LogP contribution in [0.1, 0.15) is 38.8 Å². The number of ether oxygens (including phenoxy) is 2. The van der Waals surface area contributed by atoms with Gasteiger partial charge in [0, 0.05) is 25.5 Å². The summed E-state index contributed by atoms with van der Waals surface area (Å²) in [6.07, 6.45) is 2.19. The predicted octanol–water partition coefficient (Wildman–Crippen LogP) is 1.35. The summed E-state index contributed by atoms with van der Waals surface area (Å²) in [6, 6.07) is 2.49. The first-order valence-corrected chi connectivity index (χ1v) is 10.3. The Labute approximate surface area is 162 Å². The van der Waals surface area contributed by atoms with Gasteiger partial charge in [-0.3, -0.25) is 4.79 Å². The minimum atomic E-state index is -3.76. The van der Waals surface area contributed by atoms with E-state index in [1.54, 1.807) is 6.92 Å². The van der Waals surface area contributed by atoms with Crippen LogP contribution in [0.2, 0.25) is 0 Å². The van der Waals surface area contributed by atoms with Crippen molar-refractivity contribution in [3.8, 4) is 5.88 Å². The third-order valence-corrected chi connectivity index (χ3v) is 5.29. The summed E-state index contributed by atoms with van der Waals surface area (Å²) in [7, 11) is -2.32. The van der Waals surface area contributed by atoms with Crippen LogP contribution in [0.5, 0.6) is 5.88 Å². The number of carbonyl (C=O) groups is 2. The van der Waals surface area contributed by atoms with Crippen molar-refractivity contribution in [1.29, 1.82) is 0 Å². The molecule has 10 heteroatoms. The third-order valence-electron chi connectivity index (χ3n) is 4.15. The van der Waals surface area contributed by atoms with Crippen molar-refractivity contribution in [2.45, 2.75) is 25.3 Å². The largest absolute Gasteiger partial charge is 0.493 e. The highest BCUT2D eigenvalue weighted by atomic mass is 32.2. The Kier molecular flexibility index (Phi) is 6.57. The van der Waals surface area contributed by atoms with E-state index in [4.69, 9.17) is 9.47 Å². The Hall–Kier alpha value is -2.72. The SMILES string of the molecule is CCn1ncc(C(=O)c2ccc(S(C)(=O)=O)c(C(=O)OCCOC)c2C)c1O. The Morgan fingerprint density at radius 1 is 1.21 bits per heavy atom. The van der Waals surface area contributed by atoms with Crippen LogP contribution in [-0.4, -0.2) is 61.6 Å². The average molecular weight is 410 g/mol. The molecule has 0 bridgehead atoms. The van der Waals surface area contributed by atoms with Crippen LogP contribution in [0.4, 0.5) is 0 Å². The van der Waals surface area contributed by atoms with Gasteiger partial charge in [0.25, 0.3) is 0 Å². The zero-order valence-corrected chi connectivity index (χ0v) is 16.9. The maximum Gasteiger partial charge on any atom is 0.339 e. The van der Waals surface area contributed by atoms with Crippen LogP contribution in [0, 0.1) is 6.92 Å².